The second-order valence-corrected chi connectivity index (χ2v) is 4.73. The van der Waals surface area contributed by atoms with E-state index in [0.29, 0.717) is 6.04 Å². The molecule has 1 atom stereocenters. The Bertz CT molecular complexity index is 369. The summed E-state index contributed by atoms with van der Waals surface area (Å²) in [5.41, 5.74) is 0. The van der Waals surface area contributed by atoms with E-state index in [0.717, 1.165) is 31.0 Å². The first-order valence-corrected chi connectivity index (χ1v) is 6.17. The molecule has 0 aliphatic carbocycles. The third-order valence-electron chi connectivity index (χ3n) is 2.97. The number of aliphatic hydroxyl groups excluding tert-OH is 1. The van der Waals surface area contributed by atoms with Gasteiger partial charge in [-0.1, -0.05) is 0 Å². The fraction of sp³-hybridized carbons (Fsp3) is 0.667. The lowest BCUT2D eigenvalue weighted by molar-refractivity contribution is 0.266. The van der Waals surface area contributed by atoms with Crippen LogP contribution in [0.25, 0.3) is 0 Å². The highest BCUT2D eigenvalue weighted by Gasteiger charge is 2.25. The number of hydrogen-bond acceptors (Lipinski definition) is 5. The van der Waals surface area contributed by atoms with Gasteiger partial charge >= 0.3 is 0 Å². The Labute approximate surface area is 102 Å². The van der Waals surface area contributed by atoms with Crippen molar-refractivity contribution in [2.75, 3.05) is 23.4 Å². The van der Waals surface area contributed by atoms with Crippen LogP contribution in [-0.2, 0) is 0 Å². The topological polar surface area (TPSA) is 61.3 Å². The molecule has 1 aliphatic heterocycles. The lowest BCUT2D eigenvalue weighted by Crippen LogP contribution is -2.32. The van der Waals surface area contributed by atoms with Gasteiger partial charge in [0.2, 0.25) is 0 Å². The molecule has 0 amide bonds. The molecule has 5 heteroatoms. The molecule has 2 heterocycles. The summed E-state index contributed by atoms with van der Waals surface area (Å²) in [5.74, 6) is 1.74. The molecule has 2 N–H and O–H groups in total. The van der Waals surface area contributed by atoms with E-state index in [-0.39, 0.29) is 12.6 Å². The van der Waals surface area contributed by atoms with Crippen LogP contribution >= 0.6 is 0 Å². The van der Waals surface area contributed by atoms with Gasteiger partial charge in [-0.15, -0.1) is 0 Å². The van der Waals surface area contributed by atoms with Gasteiger partial charge in [-0.3, -0.25) is 0 Å². The van der Waals surface area contributed by atoms with E-state index in [1.165, 1.54) is 0 Å². The minimum absolute atomic E-state index is 0.191. The Morgan fingerprint density at radius 1 is 1.53 bits per heavy atom. The normalized spacial score (nSPS) is 20.0. The minimum atomic E-state index is 0.191. The second-order valence-electron chi connectivity index (χ2n) is 4.73. The molecule has 94 valence electrons. The molecule has 1 aromatic heterocycles. The fourth-order valence-electron chi connectivity index (χ4n) is 2.21. The van der Waals surface area contributed by atoms with Crippen molar-refractivity contribution in [3.8, 4) is 0 Å². The van der Waals surface area contributed by atoms with Crippen LogP contribution in [0.5, 0.6) is 0 Å². The smallest absolute Gasteiger partial charge is 0.134 e. The van der Waals surface area contributed by atoms with Gasteiger partial charge in [0.15, 0.2) is 0 Å². The number of nitrogens with one attached hydrogen (secondary N) is 1. The van der Waals surface area contributed by atoms with Gasteiger partial charge in [0.05, 0.1) is 12.6 Å². The number of aliphatic hydroxyl groups is 1. The first kappa shape index (κ1) is 12.1. The highest BCUT2D eigenvalue weighted by molar-refractivity contribution is 5.50. The highest BCUT2D eigenvalue weighted by Crippen LogP contribution is 2.24. The fourth-order valence-corrected chi connectivity index (χ4v) is 2.21. The van der Waals surface area contributed by atoms with Crippen molar-refractivity contribution in [3.05, 3.63) is 12.4 Å². The summed E-state index contributed by atoms with van der Waals surface area (Å²) in [6.45, 7) is 5.31. The van der Waals surface area contributed by atoms with E-state index in [2.05, 4.69) is 34.0 Å². The molecule has 1 saturated heterocycles. The number of rotatable bonds is 4. The van der Waals surface area contributed by atoms with Gasteiger partial charge in [0.1, 0.15) is 18.0 Å². The summed E-state index contributed by atoms with van der Waals surface area (Å²) in [7, 11) is 0. The van der Waals surface area contributed by atoms with Crippen LogP contribution in [-0.4, -0.2) is 40.3 Å². The molecule has 0 bridgehead atoms. The molecule has 1 fully saturated rings. The van der Waals surface area contributed by atoms with E-state index >= 15 is 0 Å². The van der Waals surface area contributed by atoms with Gasteiger partial charge < -0.3 is 15.3 Å². The summed E-state index contributed by atoms with van der Waals surface area (Å²) in [4.78, 5) is 10.6. The lowest BCUT2D eigenvalue weighted by Gasteiger charge is -2.24. The predicted octanol–water partition coefficient (Wildman–Crippen LogP) is 1.26. The molecule has 1 aliphatic rings. The summed E-state index contributed by atoms with van der Waals surface area (Å²) in [6.07, 6.45) is 3.72. The largest absolute Gasteiger partial charge is 0.394 e. The van der Waals surface area contributed by atoms with Crippen molar-refractivity contribution in [1.29, 1.82) is 0 Å². The SMILES string of the molecule is CC(C)Nc1cc(N2CCCC2CO)ncn1. The zero-order valence-corrected chi connectivity index (χ0v) is 10.4. The van der Waals surface area contributed by atoms with E-state index < -0.39 is 0 Å². The molecule has 0 aromatic carbocycles. The number of anilines is 2. The molecular formula is C12H20N4O. The Balaban J connectivity index is 2.15. The third-order valence-corrected chi connectivity index (χ3v) is 2.97. The van der Waals surface area contributed by atoms with Gasteiger partial charge in [-0.05, 0) is 26.7 Å². The number of aromatic nitrogens is 2. The molecule has 17 heavy (non-hydrogen) atoms. The van der Waals surface area contributed by atoms with Crippen molar-refractivity contribution < 1.29 is 5.11 Å². The summed E-state index contributed by atoms with van der Waals surface area (Å²) >= 11 is 0. The number of nitrogens with zero attached hydrogens (tertiary/aromatic N) is 3. The molecule has 0 radical (unpaired) electrons. The standard InChI is InChI=1S/C12H20N4O/c1-9(2)15-11-6-12(14-8-13-11)16-5-3-4-10(16)7-17/h6,8-10,17H,3-5,7H2,1-2H3,(H,13,14,15). The Kier molecular flexibility index (Phi) is 3.78. The van der Waals surface area contributed by atoms with Crippen LogP contribution in [0.4, 0.5) is 11.6 Å². The van der Waals surface area contributed by atoms with Crippen LogP contribution in [0.1, 0.15) is 26.7 Å². The average Bonchev–Trinajstić information content (AvgIpc) is 2.76. The van der Waals surface area contributed by atoms with Gasteiger partial charge in [-0.25, -0.2) is 9.97 Å². The van der Waals surface area contributed by atoms with Crippen LogP contribution in [0.3, 0.4) is 0 Å². The predicted molar refractivity (Wildman–Crippen MR) is 68.2 cm³/mol. The van der Waals surface area contributed by atoms with Crippen LogP contribution in [0.15, 0.2) is 12.4 Å². The molecule has 1 aromatic rings. The molecule has 2 rings (SSSR count). The Morgan fingerprint density at radius 2 is 2.35 bits per heavy atom. The molecule has 1 unspecified atom stereocenters. The summed E-state index contributed by atoms with van der Waals surface area (Å²) < 4.78 is 0. The minimum Gasteiger partial charge on any atom is -0.394 e. The lowest BCUT2D eigenvalue weighted by atomic mass is 10.2. The monoisotopic (exact) mass is 236 g/mol. The van der Waals surface area contributed by atoms with Crippen molar-refractivity contribution >= 4 is 11.6 Å². The van der Waals surface area contributed by atoms with Gasteiger partial charge in [-0.2, -0.15) is 0 Å². The third kappa shape index (κ3) is 2.85. The summed E-state index contributed by atoms with van der Waals surface area (Å²) in [5, 5.41) is 12.6. The Hall–Kier alpha value is -1.36. The van der Waals surface area contributed by atoms with E-state index in [4.69, 9.17) is 0 Å². The first-order chi connectivity index (χ1) is 8.20. The maximum absolute atomic E-state index is 9.31. The van der Waals surface area contributed by atoms with Crippen molar-refractivity contribution in [2.45, 2.75) is 38.8 Å². The Morgan fingerprint density at radius 3 is 3.06 bits per heavy atom. The van der Waals surface area contributed by atoms with Crippen molar-refractivity contribution in [1.82, 2.24) is 9.97 Å². The van der Waals surface area contributed by atoms with E-state index in [1.54, 1.807) is 6.33 Å². The summed E-state index contributed by atoms with van der Waals surface area (Å²) in [6, 6.07) is 2.51. The number of hydrogen-bond donors (Lipinski definition) is 2. The first-order valence-electron chi connectivity index (χ1n) is 6.17. The van der Waals surface area contributed by atoms with Crippen LogP contribution in [0.2, 0.25) is 0 Å². The quantitative estimate of drug-likeness (QED) is 0.824. The molecule has 0 spiro atoms. The second kappa shape index (κ2) is 5.31. The zero-order chi connectivity index (χ0) is 12.3. The zero-order valence-electron chi connectivity index (χ0n) is 10.4. The maximum atomic E-state index is 9.31. The highest BCUT2D eigenvalue weighted by atomic mass is 16.3. The van der Waals surface area contributed by atoms with E-state index in [9.17, 15) is 5.11 Å². The molecular weight excluding hydrogens is 216 g/mol. The maximum Gasteiger partial charge on any atom is 0.134 e. The molecule has 5 nitrogen and oxygen atoms in total. The van der Waals surface area contributed by atoms with Gasteiger partial charge in [0, 0.05) is 18.7 Å². The average molecular weight is 236 g/mol. The van der Waals surface area contributed by atoms with Crippen molar-refractivity contribution in [2.24, 2.45) is 0 Å². The van der Waals surface area contributed by atoms with Crippen LogP contribution in [0, 0.1) is 0 Å². The van der Waals surface area contributed by atoms with Crippen molar-refractivity contribution in [3.63, 3.8) is 0 Å². The van der Waals surface area contributed by atoms with Gasteiger partial charge in [0.25, 0.3) is 0 Å². The van der Waals surface area contributed by atoms with Crippen LogP contribution < -0.4 is 10.2 Å². The molecule has 0 saturated carbocycles. The van der Waals surface area contributed by atoms with E-state index in [1.807, 2.05) is 6.07 Å².